The molecule has 2 rings (SSSR count). The first kappa shape index (κ1) is 14.9. The standard InChI is InChI=1S/C15H18FNO2S/c1-15(2,3)13-9-20-14(17-13)8-19-12-5-4-11(16)6-10(12)7-18/h4-6,9,18H,7-8H2,1-3H3. The summed E-state index contributed by atoms with van der Waals surface area (Å²) in [5.74, 6) is 0.104. The van der Waals surface area contributed by atoms with E-state index < -0.39 is 0 Å². The lowest BCUT2D eigenvalue weighted by Gasteiger charge is -2.14. The second kappa shape index (κ2) is 5.89. The average Bonchev–Trinajstić information content (AvgIpc) is 2.86. The highest BCUT2D eigenvalue weighted by atomic mass is 32.1. The second-order valence-electron chi connectivity index (χ2n) is 5.58. The van der Waals surface area contributed by atoms with Crippen molar-refractivity contribution in [3.05, 3.63) is 45.7 Å². The van der Waals surface area contributed by atoms with Crippen molar-refractivity contribution in [3.8, 4) is 5.75 Å². The van der Waals surface area contributed by atoms with Crippen LogP contribution < -0.4 is 4.74 Å². The van der Waals surface area contributed by atoms with Gasteiger partial charge >= 0.3 is 0 Å². The van der Waals surface area contributed by atoms with Gasteiger partial charge in [-0.05, 0) is 18.2 Å². The monoisotopic (exact) mass is 295 g/mol. The van der Waals surface area contributed by atoms with Crippen molar-refractivity contribution in [2.75, 3.05) is 0 Å². The van der Waals surface area contributed by atoms with Crippen molar-refractivity contribution in [2.24, 2.45) is 0 Å². The van der Waals surface area contributed by atoms with E-state index in [1.807, 2.05) is 5.38 Å². The van der Waals surface area contributed by atoms with E-state index in [1.54, 1.807) is 0 Å². The lowest BCUT2D eigenvalue weighted by Crippen LogP contribution is -2.11. The van der Waals surface area contributed by atoms with Crippen LogP contribution in [0.1, 0.15) is 37.0 Å². The zero-order valence-corrected chi connectivity index (χ0v) is 12.6. The molecule has 3 nitrogen and oxygen atoms in total. The highest BCUT2D eigenvalue weighted by Crippen LogP contribution is 2.25. The molecule has 1 aromatic carbocycles. The molecule has 0 saturated carbocycles. The van der Waals surface area contributed by atoms with Crippen LogP contribution in [0.25, 0.3) is 0 Å². The summed E-state index contributed by atoms with van der Waals surface area (Å²) in [7, 11) is 0. The number of thiazole rings is 1. The van der Waals surface area contributed by atoms with Gasteiger partial charge in [0.15, 0.2) is 0 Å². The molecule has 0 saturated heterocycles. The van der Waals surface area contributed by atoms with Crippen molar-refractivity contribution in [1.29, 1.82) is 0 Å². The lowest BCUT2D eigenvalue weighted by atomic mass is 9.93. The van der Waals surface area contributed by atoms with Gasteiger partial charge in [0.1, 0.15) is 23.2 Å². The van der Waals surface area contributed by atoms with Crippen molar-refractivity contribution in [2.45, 2.75) is 39.4 Å². The number of hydrogen-bond donors (Lipinski definition) is 1. The molecule has 0 fully saturated rings. The molecule has 0 atom stereocenters. The molecule has 0 spiro atoms. The average molecular weight is 295 g/mol. The van der Waals surface area contributed by atoms with Crippen molar-refractivity contribution < 1.29 is 14.2 Å². The molecule has 0 aliphatic heterocycles. The normalized spacial score (nSPS) is 11.7. The number of halogens is 1. The largest absolute Gasteiger partial charge is 0.486 e. The van der Waals surface area contributed by atoms with Crippen LogP contribution in [-0.4, -0.2) is 10.1 Å². The Balaban J connectivity index is 2.07. The molecule has 1 N–H and O–H groups in total. The van der Waals surface area contributed by atoms with Gasteiger partial charge in [0.25, 0.3) is 0 Å². The third kappa shape index (κ3) is 3.55. The minimum atomic E-state index is -0.384. The molecule has 0 aliphatic rings. The molecule has 0 aliphatic carbocycles. The Morgan fingerprint density at radius 1 is 1.35 bits per heavy atom. The summed E-state index contributed by atoms with van der Waals surface area (Å²) in [5.41, 5.74) is 1.49. The molecule has 20 heavy (non-hydrogen) atoms. The smallest absolute Gasteiger partial charge is 0.140 e. The van der Waals surface area contributed by atoms with E-state index in [1.165, 1.54) is 29.5 Å². The third-order valence-electron chi connectivity index (χ3n) is 2.86. The number of aromatic nitrogens is 1. The number of aliphatic hydroxyl groups is 1. The van der Waals surface area contributed by atoms with Crippen LogP contribution in [0.15, 0.2) is 23.6 Å². The third-order valence-corrected chi connectivity index (χ3v) is 3.69. The SMILES string of the molecule is CC(C)(C)c1csc(COc2ccc(F)cc2CO)n1. The van der Waals surface area contributed by atoms with Crippen LogP contribution in [0.5, 0.6) is 5.75 Å². The van der Waals surface area contributed by atoms with Gasteiger partial charge in [-0.3, -0.25) is 0 Å². The van der Waals surface area contributed by atoms with Crippen molar-refractivity contribution in [3.63, 3.8) is 0 Å². The summed E-state index contributed by atoms with van der Waals surface area (Å²) in [6, 6.07) is 4.12. The molecular formula is C15H18FNO2S. The fourth-order valence-electron chi connectivity index (χ4n) is 1.67. The maximum absolute atomic E-state index is 13.1. The van der Waals surface area contributed by atoms with E-state index >= 15 is 0 Å². The summed E-state index contributed by atoms with van der Waals surface area (Å²) in [4.78, 5) is 4.53. The highest BCUT2D eigenvalue weighted by molar-refractivity contribution is 7.09. The number of nitrogens with zero attached hydrogens (tertiary/aromatic N) is 1. The quantitative estimate of drug-likeness (QED) is 0.936. The summed E-state index contributed by atoms with van der Waals surface area (Å²) >= 11 is 1.54. The number of hydrogen-bond acceptors (Lipinski definition) is 4. The second-order valence-corrected chi connectivity index (χ2v) is 6.52. The Kier molecular flexibility index (Phi) is 4.40. The number of aliphatic hydroxyl groups excluding tert-OH is 1. The molecule has 0 bridgehead atoms. The van der Waals surface area contributed by atoms with E-state index in [4.69, 9.17) is 4.74 Å². The van der Waals surface area contributed by atoms with E-state index in [9.17, 15) is 9.50 Å². The van der Waals surface area contributed by atoms with Crippen LogP contribution in [0, 0.1) is 5.82 Å². The van der Waals surface area contributed by atoms with Gasteiger partial charge in [-0.1, -0.05) is 20.8 Å². The van der Waals surface area contributed by atoms with Crippen LogP contribution in [0.3, 0.4) is 0 Å². The van der Waals surface area contributed by atoms with Gasteiger partial charge in [0, 0.05) is 16.4 Å². The summed E-state index contributed by atoms with van der Waals surface area (Å²) in [5, 5.41) is 12.1. The van der Waals surface area contributed by atoms with Gasteiger partial charge in [0.2, 0.25) is 0 Å². The molecule has 0 amide bonds. The van der Waals surface area contributed by atoms with Crippen LogP contribution in [0.2, 0.25) is 0 Å². The molecular weight excluding hydrogens is 277 g/mol. The van der Waals surface area contributed by atoms with E-state index in [0.29, 0.717) is 17.9 Å². The summed E-state index contributed by atoms with van der Waals surface area (Å²) < 4.78 is 18.7. The number of rotatable bonds is 4. The molecule has 5 heteroatoms. The van der Waals surface area contributed by atoms with Gasteiger partial charge < -0.3 is 9.84 Å². The van der Waals surface area contributed by atoms with E-state index in [2.05, 4.69) is 25.8 Å². The van der Waals surface area contributed by atoms with Gasteiger partial charge in [-0.2, -0.15) is 0 Å². The first-order valence-electron chi connectivity index (χ1n) is 6.37. The molecule has 108 valence electrons. The molecule has 0 unspecified atom stereocenters. The first-order valence-corrected chi connectivity index (χ1v) is 7.25. The zero-order valence-electron chi connectivity index (χ0n) is 11.8. The van der Waals surface area contributed by atoms with Crippen molar-refractivity contribution in [1.82, 2.24) is 4.98 Å². The number of benzene rings is 1. The molecule has 2 aromatic rings. The van der Waals surface area contributed by atoms with Crippen molar-refractivity contribution >= 4 is 11.3 Å². The Morgan fingerprint density at radius 2 is 2.10 bits per heavy atom. The predicted molar refractivity (Wildman–Crippen MR) is 77.5 cm³/mol. The first-order chi connectivity index (χ1) is 9.40. The lowest BCUT2D eigenvalue weighted by molar-refractivity contribution is 0.258. The van der Waals surface area contributed by atoms with E-state index in [-0.39, 0.29) is 17.8 Å². The van der Waals surface area contributed by atoms with Crippen LogP contribution in [0.4, 0.5) is 4.39 Å². The minimum absolute atomic E-state index is 0.0148. The zero-order chi connectivity index (χ0) is 14.8. The Labute approximate surface area is 122 Å². The Morgan fingerprint density at radius 3 is 2.70 bits per heavy atom. The topological polar surface area (TPSA) is 42.4 Å². The molecule has 1 aromatic heterocycles. The fourth-order valence-corrected chi connectivity index (χ4v) is 2.61. The maximum Gasteiger partial charge on any atom is 0.140 e. The highest BCUT2D eigenvalue weighted by Gasteiger charge is 2.17. The Hall–Kier alpha value is -1.46. The summed E-state index contributed by atoms with van der Waals surface area (Å²) in [6.07, 6.45) is 0. The van der Waals surface area contributed by atoms with Crippen LogP contribution >= 0.6 is 11.3 Å². The van der Waals surface area contributed by atoms with Gasteiger partial charge in [-0.15, -0.1) is 11.3 Å². The fraction of sp³-hybridized carbons (Fsp3) is 0.400. The molecule has 1 heterocycles. The van der Waals surface area contributed by atoms with E-state index in [0.717, 1.165) is 10.7 Å². The summed E-state index contributed by atoms with van der Waals surface area (Å²) in [6.45, 7) is 6.39. The van der Waals surface area contributed by atoms with Gasteiger partial charge in [0.05, 0.1) is 12.3 Å². The maximum atomic E-state index is 13.1. The number of ether oxygens (including phenoxy) is 1. The van der Waals surface area contributed by atoms with Gasteiger partial charge in [-0.25, -0.2) is 9.37 Å². The Bertz CT molecular complexity index is 590. The predicted octanol–water partition coefficient (Wildman–Crippen LogP) is 3.65. The minimum Gasteiger partial charge on any atom is -0.486 e. The van der Waals surface area contributed by atoms with Crippen LogP contribution in [-0.2, 0) is 18.6 Å². The molecule has 0 radical (unpaired) electrons.